The molecule has 0 atom stereocenters. The second kappa shape index (κ2) is 26.4. The van der Waals surface area contributed by atoms with Crippen LogP contribution >= 0.6 is 0 Å². The van der Waals surface area contributed by atoms with Crippen molar-refractivity contribution in [2.75, 3.05) is 19.8 Å². The molecule has 28 heavy (non-hydrogen) atoms. The highest BCUT2D eigenvalue weighted by Crippen LogP contribution is 2.13. The Morgan fingerprint density at radius 3 is 1.25 bits per heavy atom. The molecule has 0 rings (SSSR count). The van der Waals surface area contributed by atoms with Gasteiger partial charge in [-0.2, -0.15) is 0 Å². The standard InChI is InChI=1S/C20H40O2.C3H8O3/c1-3-4-5-6-7-8-9-10-11-12-13-14-15-16-17-18-19-22-20(2)21;4-1-3(6)2-5/h3-19H2,1-2H3;3-6H,1-2H2. The monoisotopic (exact) mass is 404 g/mol. The molecule has 0 aliphatic heterocycles. The second-order valence-electron chi connectivity index (χ2n) is 7.66. The number of unbranched alkanes of at least 4 members (excludes halogenated alkanes) is 15. The number of carbonyl (C=O) groups excluding carboxylic acids is 1. The van der Waals surface area contributed by atoms with Crippen molar-refractivity contribution in [2.45, 2.75) is 123 Å². The number of hydrogen-bond acceptors (Lipinski definition) is 5. The van der Waals surface area contributed by atoms with Gasteiger partial charge >= 0.3 is 5.97 Å². The molecule has 0 radical (unpaired) electrons. The van der Waals surface area contributed by atoms with E-state index in [1.54, 1.807) is 0 Å². The van der Waals surface area contributed by atoms with Crippen molar-refractivity contribution in [3.63, 3.8) is 0 Å². The number of ether oxygens (including phenoxy) is 1. The predicted octanol–water partition coefficient (Wildman–Crippen LogP) is 5.14. The van der Waals surface area contributed by atoms with Crippen molar-refractivity contribution in [1.82, 2.24) is 0 Å². The number of esters is 1. The minimum Gasteiger partial charge on any atom is -0.466 e. The molecule has 170 valence electrons. The zero-order valence-electron chi connectivity index (χ0n) is 18.7. The molecule has 0 aliphatic carbocycles. The van der Waals surface area contributed by atoms with E-state index >= 15 is 0 Å². The lowest BCUT2D eigenvalue weighted by atomic mass is 10.0. The summed E-state index contributed by atoms with van der Waals surface area (Å²) in [6.45, 7) is 3.64. The molecule has 0 aromatic heterocycles. The Labute approximate surface area is 173 Å². The van der Waals surface area contributed by atoms with E-state index in [-0.39, 0.29) is 19.2 Å². The SMILES string of the molecule is CCCCCCCCCCCCCCCCCCOC(C)=O.OCC(O)CO. The Kier molecular flexibility index (Phi) is 27.8. The predicted molar refractivity (Wildman–Crippen MR) is 116 cm³/mol. The molecule has 5 heteroatoms. The van der Waals surface area contributed by atoms with Gasteiger partial charge in [-0.05, 0) is 6.42 Å². The molecule has 0 aromatic rings. The van der Waals surface area contributed by atoms with Crippen LogP contribution in [0.4, 0.5) is 0 Å². The Bertz CT molecular complexity index is 293. The van der Waals surface area contributed by atoms with Crippen LogP contribution in [0.25, 0.3) is 0 Å². The summed E-state index contributed by atoms with van der Waals surface area (Å²) >= 11 is 0. The molecular weight excluding hydrogens is 356 g/mol. The van der Waals surface area contributed by atoms with Crippen LogP contribution in [-0.2, 0) is 9.53 Å². The van der Waals surface area contributed by atoms with E-state index < -0.39 is 6.10 Å². The summed E-state index contributed by atoms with van der Waals surface area (Å²) in [5, 5.41) is 24.0. The minimum atomic E-state index is -0.954. The third kappa shape index (κ3) is 30.1. The number of aliphatic hydroxyl groups excluding tert-OH is 3. The molecule has 0 saturated heterocycles. The van der Waals surface area contributed by atoms with E-state index in [9.17, 15) is 4.79 Å². The highest BCUT2D eigenvalue weighted by Gasteiger charge is 1.96. The van der Waals surface area contributed by atoms with Gasteiger partial charge in [-0.1, -0.05) is 103 Å². The maximum atomic E-state index is 10.6. The average Bonchev–Trinajstić information content (AvgIpc) is 2.70. The lowest BCUT2D eigenvalue weighted by molar-refractivity contribution is -0.141. The van der Waals surface area contributed by atoms with Gasteiger partial charge < -0.3 is 20.1 Å². The van der Waals surface area contributed by atoms with E-state index in [1.807, 2.05) is 0 Å². The molecule has 0 bridgehead atoms. The second-order valence-corrected chi connectivity index (χ2v) is 7.66. The smallest absolute Gasteiger partial charge is 0.302 e. The molecule has 0 saturated carbocycles. The Hall–Kier alpha value is -0.650. The first-order valence-corrected chi connectivity index (χ1v) is 11.6. The minimum absolute atomic E-state index is 0.152. The molecule has 0 amide bonds. The quantitative estimate of drug-likeness (QED) is 0.205. The van der Waals surface area contributed by atoms with Crippen LogP contribution < -0.4 is 0 Å². The van der Waals surface area contributed by atoms with E-state index in [0.717, 1.165) is 6.42 Å². The summed E-state index contributed by atoms with van der Waals surface area (Å²) in [6.07, 6.45) is 21.0. The fourth-order valence-corrected chi connectivity index (χ4v) is 2.92. The van der Waals surface area contributed by atoms with Crippen molar-refractivity contribution in [1.29, 1.82) is 0 Å². The van der Waals surface area contributed by atoms with Crippen LogP contribution in [-0.4, -0.2) is 47.2 Å². The highest BCUT2D eigenvalue weighted by molar-refractivity contribution is 5.65. The van der Waals surface area contributed by atoms with E-state index in [4.69, 9.17) is 20.1 Å². The Balaban J connectivity index is 0. The lowest BCUT2D eigenvalue weighted by Crippen LogP contribution is -2.15. The number of hydrogen-bond donors (Lipinski definition) is 3. The molecule has 5 nitrogen and oxygen atoms in total. The first kappa shape index (κ1) is 29.6. The fraction of sp³-hybridized carbons (Fsp3) is 0.957. The van der Waals surface area contributed by atoms with E-state index in [1.165, 1.54) is 103 Å². The van der Waals surface area contributed by atoms with Gasteiger partial charge in [0.1, 0.15) is 6.10 Å². The average molecular weight is 405 g/mol. The van der Waals surface area contributed by atoms with Gasteiger partial charge in [0.15, 0.2) is 0 Å². The zero-order valence-corrected chi connectivity index (χ0v) is 18.7. The third-order valence-corrected chi connectivity index (χ3v) is 4.72. The number of aliphatic hydroxyl groups is 3. The summed E-state index contributed by atoms with van der Waals surface area (Å²) < 4.78 is 4.92. The maximum Gasteiger partial charge on any atom is 0.302 e. The molecule has 0 aliphatic rings. The maximum absolute atomic E-state index is 10.6. The van der Waals surface area contributed by atoms with Gasteiger partial charge in [-0.15, -0.1) is 0 Å². The first-order valence-electron chi connectivity index (χ1n) is 11.6. The molecule has 0 unspecified atom stereocenters. The van der Waals surface area contributed by atoms with Crippen molar-refractivity contribution in [2.24, 2.45) is 0 Å². The largest absolute Gasteiger partial charge is 0.466 e. The summed E-state index contributed by atoms with van der Waals surface area (Å²) in [6, 6.07) is 0. The molecular formula is C23H48O5. The summed E-state index contributed by atoms with van der Waals surface area (Å²) in [5.41, 5.74) is 0. The highest BCUT2D eigenvalue weighted by atomic mass is 16.5. The number of carbonyl (C=O) groups is 1. The third-order valence-electron chi connectivity index (χ3n) is 4.72. The molecule has 0 aromatic carbocycles. The van der Waals surface area contributed by atoms with Gasteiger partial charge in [0, 0.05) is 6.92 Å². The molecule has 0 fully saturated rings. The van der Waals surface area contributed by atoms with Gasteiger partial charge in [0.25, 0.3) is 0 Å². The normalized spacial score (nSPS) is 10.6. The number of rotatable bonds is 19. The zero-order chi connectivity index (χ0) is 21.3. The van der Waals surface area contributed by atoms with Gasteiger partial charge in [-0.3, -0.25) is 4.79 Å². The summed E-state index contributed by atoms with van der Waals surface area (Å²) in [7, 11) is 0. The van der Waals surface area contributed by atoms with Crippen LogP contribution in [0.1, 0.15) is 117 Å². The van der Waals surface area contributed by atoms with Crippen LogP contribution in [0.5, 0.6) is 0 Å². The molecule has 3 N–H and O–H groups in total. The Morgan fingerprint density at radius 1 is 0.679 bits per heavy atom. The Morgan fingerprint density at radius 2 is 1.00 bits per heavy atom. The van der Waals surface area contributed by atoms with Crippen LogP contribution in [0.2, 0.25) is 0 Å². The fourth-order valence-electron chi connectivity index (χ4n) is 2.92. The van der Waals surface area contributed by atoms with Gasteiger partial charge in [0.05, 0.1) is 19.8 Å². The van der Waals surface area contributed by atoms with Crippen molar-refractivity contribution >= 4 is 5.97 Å². The van der Waals surface area contributed by atoms with Crippen molar-refractivity contribution in [3.05, 3.63) is 0 Å². The van der Waals surface area contributed by atoms with Crippen LogP contribution in [0.15, 0.2) is 0 Å². The lowest BCUT2D eigenvalue weighted by Gasteiger charge is -2.04. The van der Waals surface area contributed by atoms with E-state index in [0.29, 0.717) is 6.61 Å². The molecule has 0 spiro atoms. The first-order chi connectivity index (χ1) is 13.6. The van der Waals surface area contributed by atoms with Crippen LogP contribution in [0.3, 0.4) is 0 Å². The van der Waals surface area contributed by atoms with Crippen LogP contribution in [0, 0.1) is 0 Å². The van der Waals surface area contributed by atoms with Crippen molar-refractivity contribution in [3.8, 4) is 0 Å². The topological polar surface area (TPSA) is 87.0 Å². The van der Waals surface area contributed by atoms with Crippen molar-refractivity contribution < 1.29 is 24.9 Å². The van der Waals surface area contributed by atoms with E-state index in [2.05, 4.69) is 6.92 Å². The van der Waals surface area contributed by atoms with Gasteiger partial charge in [0.2, 0.25) is 0 Å². The molecule has 0 heterocycles. The summed E-state index contributed by atoms with van der Waals surface area (Å²) in [4.78, 5) is 10.6. The van der Waals surface area contributed by atoms with Gasteiger partial charge in [-0.25, -0.2) is 0 Å². The summed E-state index contributed by atoms with van der Waals surface area (Å²) in [5.74, 6) is -0.152.